The van der Waals surface area contributed by atoms with Crippen LogP contribution >= 0.6 is 0 Å². The molecule has 0 spiro atoms. The molecule has 0 aromatic carbocycles. The molecule has 2 N–H and O–H groups in total. The third-order valence-corrected chi connectivity index (χ3v) is 4.00. The van der Waals surface area contributed by atoms with Gasteiger partial charge in [0.2, 0.25) is 0 Å². The molecule has 1 aromatic rings. The highest BCUT2D eigenvalue weighted by atomic mass is 16.3. The standard InChI is InChI=1S/C14H23NO2/c1-12(13-6-5-9-17-13)15-10-14(11-16)7-3-2-4-8-14/h5-6,9,12,15-16H,2-4,7-8,10-11H2,1H3. The van der Waals surface area contributed by atoms with E-state index in [2.05, 4.69) is 12.2 Å². The summed E-state index contributed by atoms with van der Waals surface area (Å²) in [5.74, 6) is 0.967. The van der Waals surface area contributed by atoms with Gasteiger partial charge in [-0.1, -0.05) is 19.3 Å². The summed E-state index contributed by atoms with van der Waals surface area (Å²) in [7, 11) is 0. The van der Waals surface area contributed by atoms with Crippen LogP contribution < -0.4 is 5.32 Å². The molecule has 0 radical (unpaired) electrons. The van der Waals surface area contributed by atoms with Gasteiger partial charge in [-0.05, 0) is 31.9 Å². The van der Waals surface area contributed by atoms with E-state index < -0.39 is 0 Å². The fourth-order valence-corrected chi connectivity index (χ4v) is 2.70. The lowest BCUT2D eigenvalue weighted by Gasteiger charge is -2.36. The molecule has 2 rings (SSSR count). The Morgan fingerprint density at radius 1 is 1.41 bits per heavy atom. The fourth-order valence-electron chi connectivity index (χ4n) is 2.70. The van der Waals surface area contributed by atoms with Gasteiger partial charge in [-0.15, -0.1) is 0 Å². The normalized spacial score (nSPS) is 21.3. The molecule has 1 atom stereocenters. The highest BCUT2D eigenvalue weighted by molar-refractivity contribution is 5.03. The van der Waals surface area contributed by atoms with Gasteiger partial charge in [0.1, 0.15) is 5.76 Å². The second-order valence-electron chi connectivity index (χ2n) is 5.34. The van der Waals surface area contributed by atoms with Crippen LogP contribution in [0.25, 0.3) is 0 Å². The second kappa shape index (κ2) is 5.69. The summed E-state index contributed by atoms with van der Waals surface area (Å²) in [6.45, 7) is 3.28. The smallest absolute Gasteiger partial charge is 0.120 e. The SMILES string of the molecule is CC(NCC1(CO)CCCCC1)c1ccco1. The first kappa shape index (κ1) is 12.7. The Labute approximate surface area is 103 Å². The molecule has 1 fully saturated rings. The van der Waals surface area contributed by atoms with Gasteiger partial charge in [0.05, 0.1) is 12.3 Å². The summed E-state index contributed by atoms with van der Waals surface area (Å²) in [4.78, 5) is 0. The lowest BCUT2D eigenvalue weighted by molar-refractivity contribution is 0.0781. The Bertz CT molecular complexity index is 315. The van der Waals surface area contributed by atoms with E-state index in [0.717, 1.165) is 25.1 Å². The van der Waals surface area contributed by atoms with E-state index in [1.807, 2.05) is 12.1 Å². The Morgan fingerprint density at radius 3 is 2.76 bits per heavy atom. The monoisotopic (exact) mass is 237 g/mol. The van der Waals surface area contributed by atoms with Crippen molar-refractivity contribution in [3.05, 3.63) is 24.2 Å². The zero-order valence-corrected chi connectivity index (χ0v) is 10.6. The van der Waals surface area contributed by atoms with Crippen LogP contribution in [0.1, 0.15) is 50.8 Å². The minimum Gasteiger partial charge on any atom is -0.468 e. The van der Waals surface area contributed by atoms with E-state index in [1.54, 1.807) is 6.26 Å². The summed E-state index contributed by atoms with van der Waals surface area (Å²) < 4.78 is 5.38. The lowest BCUT2D eigenvalue weighted by Crippen LogP contribution is -2.39. The molecule has 0 aliphatic heterocycles. The van der Waals surface area contributed by atoms with E-state index in [-0.39, 0.29) is 11.5 Å². The summed E-state index contributed by atoms with van der Waals surface area (Å²) in [5.41, 5.74) is 0.0963. The van der Waals surface area contributed by atoms with Crippen molar-refractivity contribution >= 4 is 0 Å². The van der Waals surface area contributed by atoms with Gasteiger partial charge >= 0.3 is 0 Å². The van der Waals surface area contributed by atoms with Crippen molar-refractivity contribution < 1.29 is 9.52 Å². The quantitative estimate of drug-likeness (QED) is 0.827. The summed E-state index contributed by atoms with van der Waals surface area (Å²) in [5, 5.41) is 13.1. The van der Waals surface area contributed by atoms with Crippen molar-refractivity contribution in [2.24, 2.45) is 5.41 Å². The molecule has 1 aliphatic rings. The molecule has 1 unspecified atom stereocenters. The molecular formula is C14H23NO2. The number of furan rings is 1. The van der Waals surface area contributed by atoms with Crippen molar-refractivity contribution in [1.29, 1.82) is 0 Å². The largest absolute Gasteiger partial charge is 0.468 e. The van der Waals surface area contributed by atoms with Crippen LogP contribution in [-0.2, 0) is 0 Å². The van der Waals surface area contributed by atoms with Crippen LogP contribution in [0.5, 0.6) is 0 Å². The second-order valence-corrected chi connectivity index (χ2v) is 5.34. The Kier molecular flexibility index (Phi) is 4.24. The molecule has 1 heterocycles. The molecule has 3 heteroatoms. The average Bonchev–Trinajstić information content (AvgIpc) is 2.91. The predicted molar refractivity (Wildman–Crippen MR) is 67.7 cm³/mol. The summed E-state index contributed by atoms with van der Waals surface area (Å²) in [6, 6.07) is 4.12. The number of hydrogen-bond donors (Lipinski definition) is 2. The maximum absolute atomic E-state index is 9.62. The van der Waals surface area contributed by atoms with Gasteiger partial charge in [0.15, 0.2) is 0 Å². The highest BCUT2D eigenvalue weighted by Gasteiger charge is 2.31. The summed E-state index contributed by atoms with van der Waals surface area (Å²) >= 11 is 0. The molecule has 0 amide bonds. The molecule has 0 bridgehead atoms. The zero-order chi connectivity index (χ0) is 12.1. The van der Waals surface area contributed by atoms with E-state index in [0.29, 0.717) is 6.61 Å². The molecule has 1 aliphatic carbocycles. The van der Waals surface area contributed by atoms with E-state index >= 15 is 0 Å². The van der Waals surface area contributed by atoms with Gasteiger partial charge in [-0.2, -0.15) is 0 Å². The third-order valence-electron chi connectivity index (χ3n) is 4.00. The Balaban J connectivity index is 1.87. The van der Waals surface area contributed by atoms with Gasteiger partial charge < -0.3 is 14.8 Å². The van der Waals surface area contributed by atoms with Crippen molar-refractivity contribution in [3.63, 3.8) is 0 Å². The topological polar surface area (TPSA) is 45.4 Å². The Morgan fingerprint density at radius 2 is 2.18 bits per heavy atom. The molecule has 17 heavy (non-hydrogen) atoms. The average molecular weight is 237 g/mol. The van der Waals surface area contributed by atoms with E-state index in [9.17, 15) is 5.11 Å². The number of aliphatic hydroxyl groups is 1. The van der Waals surface area contributed by atoms with Crippen molar-refractivity contribution in [3.8, 4) is 0 Å². The van der Waals surface area contributed by atoms with Crippen LogP contribution in [0.3, 0.4) is 0 Å². The molecule has 96 valence electrons. The van der Waals surface area contributed by atoms with Gasteiger partial charge in [-0.25, -0.2) is 0 Å². The maximum Gasteiger partial charge on any atom is 0.120 e. The highest BCUT2D eigenvalue weighted by Crippen LogP contribution is 2.35. The number of rotatable bonds is 5. The fraction of sp³-hybridized carbons (Fsp3) is 0.714. The van der Waals surface area contributed by atoms with Crippen molar-refractivity contribution in [1.82, 2.24) is 5.32 Å². The number of aliphatic hydroxyl groups excluding tert-OH is 1. The van der Waals surface area contributed by atoms with E-state index in [1.165, 1.54) is 19.3 Å². The first-order chi connectivity index (χ1) is 8.26. The number of hydrogen-bond acceptors (Lipinski definition) is 3. The maximum atomic E-state index is 9.62. The van der Waals surface area contributed by atoms with Crippen LogP contribution in [0, 0.1) is 5.41 Å². The zero-order valence-electron chi connectivity index (χ0n) is 10.6. The van der Waals surface area contributed by atoms with Gasteiger partial charge in [-0.3, -0.25) is 0 Å². The third kappa shape index (κ3) is 3.11. The summed E-state index contributed by atoms with van der Waals surface area (Å²) in [6.07, 6.45) is 7.79. The predicted octanol–water partition coefficient (Wildman–Crippen LogP) is 2.87. The van der Waals surface area contributed by atoms with Crippen LogP contribution in [0.2, 0.25) is 0 Å². The van der Waals surface area contributed by atoms with Gasteiger partial charge in [0, 0.05) is 18.6 Å². The van der Waals surface area contributed by atoms with Gasteiger partial charge in [0.25, 0.3) is 0 Å². The van der Waals surface area contributed by atoms with Crippen molar-refractivity contribution in [2.75, 3.05) is 13.2 Å². The molecular weight excluding hydrogens is 214 g/mol. The molecule has 1 saturated carbocycles. The van der Waals surface area contributed by atoms with Crippen molar-refractivity contribution in [2.45, 2.75) is 45.1 Å². The molecule has 1 aromatic heterocycles. The lowest BCUT2D eigenvalue weighted by atomic mass is 9.74. The van der Waals surface area contributed by atoms with Crippen LogP contribution in [0.15, 0.2) is 22.8 Å². The first-order valence-corrected chi connectivity index (χ1v) is 6.63. The molecule has 0 saturated heterocycles. The molecule has 3 nitrogen and oxygen atoms in total. The first-order valence-electron chi connectivity index (χ1n) is 6.63. The number of nitrogens with one attached hydrogen (secondary N) is 1. The van der Waals surface area contributed by atoms with Crippen LogP contribution in [0.4, 0.5) is 0 Å². The minimum atomic E-state index is 0.0963. The van der Waals surface area contributed by atoms with Crippen LogP contribution in [-0.4, -0.2) is 18.3 Å². The minimum absolute atomic E-state index is 0.0963. The Hall–Kier alpha value is -0.800. The van der Waals surface area contributed by atoms with E-state index in [4.69, 9.17) is 4.42 Å².